The van der Waals surface area contributed by atoms with Crippen LogP contribution in [0.5, 0.6) is 0 Å². The summed E-state index contributed by atoms with van der Waals surface area (Å²) in [4.78, 5) is 0. The van der Waals surface area contributed by atoms with E-state index in [4.69, 9.17) is 0 Å². The van der Waals surface area contributed by atoms with Crippen molar-refractivity contribution in [3.63, 3.8) is 0 Å². The molecule has 4 nitrogen and oxygen atoms in total. The number of aromatic amines is 1. The van der Waals surface area contributed by atoms with Gasteiger partial charge in [-0.2, -0.15) is 10.2 Å². The molecule has 2 aromatic rings. The normalized spacial score (nSPS) is 10.7. The van der Waals surface area contributed by atoms with Crippen LogP contribution in [-0.2, 0) is 0 Å². The lowest BCUT2D eigenvalue weighted by atomic mass is 10.2. The number of nitrogens with one attached hydrogen (secondary N) is 1. The monoisotopic (exact) mass is 148 g/mol. The molecule has 0 fully saturated rings. The Hall–Kier alpha value is -1.45. The third-order valence-electron chi connectivity index (χ3n) is 1.73. The molecule has 1 N–H and O–H groups in total. The lowest BCUT2D eigenvalue weighted by molar-refractivity contribution is 1.01. The summed E-state index contributed by atoms with van der Waals surface area (Å²) in [6, 6.07) is 0. The predicted molar refractivity (Wildman–Crippen MR) is 41.2 cm³/mol. The molecule has 2 heterocycles. The van der Waals surface area contributed by atoms with E-state index in [9.17, 15) is 0 Å². The highest BCUT2D eigenvalue weighted by Gasteiger charge is 2.04. The first-order valence-corrected chi connectivity index (χ1v) is 3.42. The summed E-state index contributed by atoms with van der Waals surface area (Å²) in [7, 11) is 0. The van der Waals surface area contributed by atoms with Crippen LogP contribution in [0.1, 0.15) is 11.3 Å². The smallest absolute Gasteiger partial charge is 0.178 e. The molecule has 0 amide bonds. The van der Waals surface area contributed by atoms with E-state index in [2.05, 4.69) is 20.4 Å². The quantitative estimate of drug-likeness (QED) is 0.605. The van der Waals surface area contributed by atoms with Crippen molar-refractivity contribution in [3.8, 4) is 0 Å². The summed E-state index contributed by atoms with van der Waals surface area (Å²) in [5, 5.41) is 15.6. The van der Waals surface area contributed by atoms with Crippen LogP contribution in [0.2, 0.25) is 0 Å². The molecule has 0 aliphatic rings. The van der Waals surface area contributed by atoms with Crippen LogP contribution in [0.3, 0.4) is 0 Å². The van der Waals surface area contributed by atoms with E-state index >= 15 is 0 Å². The van der Waals surface area contributed by atoms with E-state index in [1.54, 1.807) is 6.20 Å². The summed E-state index contributed by atoms with van der Waals surface area (Å²) in [6.07, 6.45) is 1.74. The molecule has 0 aromatic carbocycles. The van der Waals surface area contributed by atoms with Crippen LogP contribution in [0.15, 0.2) is 6.20 Å². The zero-order valence-electron chi connectivity index (χ0n) is 6.42. The Morgan fingerprint density at radius 2 is 2.18 bits per heavy atom. The van der Waals surface area contributed by atoms with Gasteiger partial charge in [0.05, 0.1) is 11.9 Å². The third-order valence-corrected chi connectivity index (χ3v) is 1.73. The van der Waals surface area contributed by atoms with Gasteiger partial charge >= 0.3 is 0 Å². The molecule has 0 atom stereocenters. The van der Waals surface area contributed by atoms with Crippen molar-refractivity contribution in [3.05, 3.63) is 17.5 Å². The zero-order chi connectivity index (χ0) is 7.84. The molecule has 56 valence electrons. The summed E-state index contributed by atoms with van der Waals surface area (Å²) in [5.74, 6) is 0. The minimum atomic E-state index is 0.766. The number of aryl methyl sites for hydroxylation is 2. The van der Waals surface area contributed by atoms with E-state index in [1.807, 2.05) is 13.8 Å². The van der Waals surface area contributed by atoms with E-state index in [0.717, 1.165) is 22.3 Å². The Morgan fingerprint density at radius 3 is 2.91 bits per heavy atom. The Balaban J connectivity index is 2.96. The van der Waals surface area contributed by atoms with Gasteiger partial charge in [-0.3, -0.25) is 5.10 Å². The first kappa shape index (κ1) is 6.27. The predicted octanol–water partition coefficient (Wildman–Crippen LogP) is 0.970. The maximum absolute atomic E-state index is 4.03. The highest BCUT2D eigenvalue weighted by Crippen LogP contribution is 2.14. The molecule has 4 heteroatoms. The summed E-state index contributed by atoms with van der Waals surface area (Å²) in [5.41, 5.74) is 2.86. The summed E-state index contributed by atoms with van der Waals surface area (Å²) in [6.45, 7) is 3.95. The summed E-state index contributed by atoms with van der Waals surface area (Å²) < 4.78 is 0. The number of nitrogens with zero attached hydrogens (tertiary/aromatic N) is 3. The van der Waals surface area contributed by atoms with E-state index in [-0.39, 0.29) is 0 Å². The van der Waals surface area contributed by atoms with Crippen molar-refractivity contribution in [1.29, 1.82) is 0 Å². The number of hydrogen-bond donors (Lipinski definition) is 1. The lowest BCUT2D eigenvalue weighted by Crippen LogP contribution is -1.84. The van der Waals surface area contributed by atoms with Gasteiger partial charge in [-0.25, -0.2) is 0 Å². The number of aromatic nitrogens is 4. The van der Waals surface area contributed by atoms with E-state index in [1.165, 1.54) is 0 Å². The first-order chi connectivity index (χ1) is 5.29. The van der Waals surface area contributed by atoms with E-state index in [0.29, 0.717) is 0 Å². The standard InChI is InChI=1S/C7H8N4/c1-4-3-8-10-7-6(4)5(2)9-11-7/h3H,1-2H3,(H,9,10,11). The van der Waals surface area contributed by atoms with Crippen LogP contribution >= 0.6 is 0 Å². The minimum absolute atomic E-state index is 0.766. The molecule has 0 aliphatic carbocycles. The van der Waals surface area contributed by atoms with Gasteiger partial charge in [0.1, 0.15) is 0 Å². The maximum Gasteiger partial charge on any atom is 0.178 e. The number of rotatable bonds is 0. The molecule has 2 aromatic heterocycles. The molecule has 0 radical (unpaired) electrons. The summed E-state index contributed by atoms with van der Waals surface area (Å²) >= 11 is 0. The van der Waals surface area contributed by atoms with Crippen molar-refractivity contribution in [1.82, 2.24) is 20.4 Å². The SMILES string of the molecule is Cc1cnnc2[nH]nc(C)c12. The Bertz CT molecular complexity index is 390. The highest BCUT2D eigenvalue weighted by molar-refractivity contribution is 5.80. The van der Waals surface area contributed by atoms with Crippen molar-refractivity contribution < 1.29 is 0 Å². The molecule has 11 heavy (non-hydrogen) atoms. The van der Waals surface area contributed by atoms with E-state index < -0.39 is 0 Å². The average Bonchev–Trinajstić information content (AvgIpc) is 2.34. The van der Waals surface area contributed by atoms with Crippen molar-refractivity contribution in [2.75, 3.05) is 0 Å². The Kier molecular flexibility index (Phi) is 1.15. The lowest BCUT2D eigenvalue weighted by Gasteiger charge is -1.91. The van der Waals surface area contributed by atoms with Gasteiger partial charge in [-0.15, -0.1) is 5.10 Å². The highest BCUT2D eigenvalue weighted by atomic mass is 15.2. The second-order valence-electron chi connectivity index (χ2n) is 2.56. The van der Waals surface area contributed by atoms with Gasteiger partial charge in [0.15, 0.2) is 5.65 Å². The molecular weight excluding hydrogens is 140 g/mol. The van der Waals surface area contributed by atoms with Gasteiger partial charge in [0, 0.05) is 5.39 Å². The average molecular weight is 148 g/mol. The van der Waals surface area contributed by atoms with Crippen molar-refractivity contribution >= 4 is 11.0 Å². The van der Waals surface area contributed by atoms with Gasteiger partial charge in [-0.1, -0.05) is 0 Å². The zero-order valence-corrected chi connectivity index (χ0v) is 6.42. The maximum atomic E-state index is 4.03. The second kappa shape index (κ2) is 2.02. The topological polar surface area (TPSA) is 54.5 Å². The van der Waals surface area contributed by atoms with Gasteiger partial charge < -0.3 is 0 Å². The fraction of sp³-hybridized carbons (Fsp3) is 0.286. The van der Waals surface area contributed by atoms with Crippen LogP contribution in [-0.4, -0.2) is 20.4 Å². The molecule has 0 spiro atoms. The van der Waals surface area contributed by atoms with Crippen molar-refractivity contribution in [2.45, 2.75) is 13.8 Å². The fourth-order valence-electron chi connectivity index (χ4n) is 1.20. The number of hydrogen-bond acceptors (Lipinski definition) is 3. The van der Waals surface area contributed by atoms with Crippen molar-refractivity contribution in [2.24, 2.45) is 0 Å². The molecule has 0 saturated heterocycles. The Morgan fingerprint density at radius 1 is 1.36 bits per heavy atom. The number of fused-ring (bicyclic) bond motifs is 1. The van der Waals surface area contributed by atoms with Gasteiger partial charge in [0.25, 0.3) is 0 Å². The van der Waals surface area contributed by atoms with Gasteiger partial charge in [0.2, 0.25) is 0 Å². The fourth-order valence-corrected chi connectivity index (χ4v) is 1.20. The minimum Gasteiger partial charge on any atom is -0.259 e. The molecule has 0 aliphatic heterocycles. The molecular formula is C7H8N4. The molecule has 0 bridgehead atoms. The second-order valence-corrected chi connectivity index (χ2v) is 2.56. The molecule has 0 unspecified atom stereocenters. The molecule has 2 rings (SSSR count). The van der Waals surface area contributed by atoms with Gasteiger partial charge in [-0.05, 0) is 19.4 Å². The third kappa shape index (κ3) is 0.790. The first-order valence-electron chi connectivity index (χ1n) is 3.42. The largest absolute Gasteiger partial charge is 0.259 e. The van der Waals surface area contributed by atoms with Crippen LogP contribution < -0.4 is 0 Å². The Labute approximate surface area is 63.6 Å². The number of H-pyrrole nitrogens is 1. The van der Waals surface area contributed by atoms with Crippen LogP contribution in [0.4, 0.5) is 0 Å². The molecule has 0 saturated carbocycles. The van der Waals surface area contributed by atoms with Crippen LogP contribution in [0, 0.1) is 13.8 Å². The van der Waals surface area contributed by atoms with Crippen LogP contribution in [0.25, 0.3) is 11.0 Å².